The molecule has 2 fully saturated rings. The lowest BCUT2D eigenvalue weighted by Gasteiger charge is -2.47. The Bertz CT molecular complexity index is 718. The third-order valence-electron chi connectivity index (χ3n) is 5.78. The molecule has 0 atom stereocenters. The Labute approximate surface area is 146 Å². The lowest BCUT2D eigenvalue weighted by Crippen LogP contribution is -2.58. The fourth-order valence-corrected chi connectivity index (χ4v) is 5.12. The first-order valence-corrected chi connectivity index (χ1v) is 10.0. The van der Waals surface area contributed by atoms with Gasteiger partial charge >= 0.3 is 0 Å². The summed E-state index contributed by atoms with van der Waals surface area (Å²) in [6, 6.07) is 2.21. The summed E-state index contributed by atoms with van der Waals surface area (Å²) in [5.74, 6) is 1.63. The van der Waals surface area contributed by atoms with E-state index in [-0.39, 0.29) is 5.60 Å². The van der Waals surface area contributed by atoms with Crippen molar-refractivity contribution in [3.63, 3.8) is 0 Å². The maximum atomic E-state index is 6.20. The van der Waals surface area contributed by atoms with E-state index in [1.165, 1.54) is 43.2 Å². The van der Waals surface area contributed by atoms with Crippen LogP contribution in [-0.2, 0) is 23.5 Å². The van der Waals surface area contributed by atoms with E-state index in [2.05, 4.69) is 27.9 Å². The molecule has 0 N–H and O–H groups in total. The summed E-state index contributed by atoms with van der Waals surface area (Å²) in [6.45, 7) is 3.60. The van der Waals surface area contributed by atoms with Crippen LogP contribution < -0.4 is 0 Å². The van der Waals surface area contributed by atoms with Crippen LogP contribution in [0.4, 0.5) is 0 Å². The molecule has 0 amide bonds. The van der Waals surface area contributed by atoms with E-state index in [4.69, 9.17) is 14.7 Å². The second-order valence-corrected chi connectivity index (χ2v) is 8.26. The van der Waals surface area contributed by atoms with Crippen molar-refractivity contribution >= 4 is 11.3 Å². The van der Waals surface area contributed by atoms with Gasteiger partial charge in [0.05, 0.1) is 12.3 Å². The molecule has 5 heteroatoms. The number of hydrogen-bond donors (Lipinski definition) is 0. The third kappa shape index (κ3) is 2.50. The van der Waals surface area contributed by atoms with Gasteiger partial charge in [0.1, 0.15) is 11.4 Å². The summed E-state index contributed by atoms with van der Waals surface area (Å²) in [7, 11) is 0. The summed E-state index contributed by atoms with van der Waals surface area (Å²) >= 11 is 1.77. The van der Waals surface area contributed by atoms with Crippen LogP contribution in [0.3, 0.4) is 0 Å². The second kappa shape index (κ2) is 5.90. The Morgan fingerprint density at radius 3 is 2.92 bits per heavy atom. The van der Waals surface area contributed by atoms with E-state index >= 15 is 0 Å². The first kappa shape index (κ1) is 15.0. The van der Waals surface area contributed by atoms with Crippen molar-refractivity contribution in [3.8, 4) is 0 Å². The molecule has 1 aliphatic carbocycles. The molecule has 0 bridgehead atoms. The number of rotatable bonds is 3. The van der Waals surface area contributed by atoms with Crippen molar-refractivity contribution in [2.24, 2.45) is 0 Å². The van der Waals surface area contributed by atoms with Crippen LogP contribution in [0, 0.1) is 0 Å². The molecule has 4 nitrogen and oxygen atoms in total. The van der Waals surface area contributed by atoms with Crippen molar-refractivity contribution in [3.05, 3.63) is 45.7 Å². The number of fused-ring (bicyclic) bond motifs is 2. The molecule has 126 valence electrons. The highest BCUT2D eigenvalue weighted by Gasteiger charge is 2.50. The minimum Gasteiger partial charge on any atom is -0.361 e. The normalized spacial score (nSPS) is 23.3. The number of thiophene rings is 1. The van der Waals surface area contributed by atoms with Gasteiger partial charge < -0.3 is 4.74 Å². The van der Waals surface area contributed by atoms with Crippen LogP contribution in [0.15, 0.2) is 23.0 Å². The minimum absolute atomic E-state index is 0.142. The molecule has 0 aromatic carbocycles. The molecule has 1 spiro atoms. The fourth-order valence-electron chi connectivity index (χ4n) is 4.46. The van der Waals surface area contributed by atoms with Crippen LogP contribution in [0.1, 0.15) is 60.7 Å². The molecule has 1 saturated carbocycles. The zero-order valence-electron chi connectivity index (χ0n) is 13.9. The minimum atomic E-state index is -0.142. The fraction of sp³-hybridized carbons (Fsp3) is 0.579. The van der Waals surface area contributed by atoms with Gasteiger partial charge in [0.25, 0.3) is 0 Å². The summed E-state index contributed by atoms with van der Waals surface area (Å²) in [6.07, 6.45) is 8.58. The van der Waals surface area contributed by atoms with Crippen molar-refractivity contribution in [1.82, 2.24) is 14.9 Å². The average Bonchev–Trinajstić information content (AvgIpc) is 3.23. The van der Waals surface area contributed by atoms with Gasteiger partial charge in [-0.3, -0.25) is 4.90 Å². The average molecular weight is 341 g/mol. The Balaban J connectivity index is 1.31. The van der Waals surface area contributed by atoms with E-state index in [0.29, 0.717) is 12.5 Å². The predicted octanol–water partition coefficient (Wildman–Crippen LogP) is 3.83. The second-order valence-electron chi connectivity index (χ2n) is 7.48. The lowest BCUT2D eigenvalue weighted by molar-refractivity contribution is -0.145. The van der Waals surface area contributed by atoms with E-state index in [9.17, 15) is 0 Å². The zero-order valence-corrected chi connectivity index (χ0v) is 14.7. The van der Waals surface area contributed by atoms with Gasteiger partial charge in [-0.15, -0.1) is 0 Å². The quantitative estimate of drug-likeness (QED) is 0.850. The zero-order chi connectivity index (χ0) is 16.0. The van der Waals surface area contributed by atoms with E-state index in [0.717, 1.165) is 31.2 Å². The summed E-state index contributed by atoms with van der Waals surface area (Å²) in [5, 5.41) is 4.38. The number of nitrogens with zero attached hydrogens (tertiary/aromatic N) is 3. The SMILES string of the molecule is c1cc(CN2CC3(C2)OCc2nc(C4CCCCC4)ncc23)cs1. The van der Waals surface area contributed by atoms with Gasteiger partial charge in [-0.25, -0.2) is 9.97 Å². The largest absolute Gasteiger partial charge is 0.361 e. The molecule has 4 heterocycles. The van der Waals surface area contributed by atoms with Crippen molar-refractivity contribution in [1.29, 1.82) is 0 Å². The first-order chi connectivity index (χ1) is 11.8. The molecular formula is C19H23N3OS. The highest BCUT2D eigenvalue weighted by molar-refractivity contribution is 7.07. The Morgan fingerprint density at radius 1 is 1.25 bits per heavy atom. The molecule has 1 saturated heterocycles. The third-order valence-corrected chi connectivity index (χ3v) is 6.51. The van der Waals surface area contributed by atoms with Gasteiger partial charge in [0, 0.05) is 37.3 Å². The molecule has 24 heavy (non-hydrogen) atoms. The van der Waals surface area contributed by atoms with Crippen LogP contribution >= 0.6 is 11.3 Å². The topological polar surface area (TPSA) is 38.2 Å². The molecule has 0 radical (unpaired) electrons. The van der Waals surface area contributed by atoms with Crippen LogP contribution in [0.2, 0.25) is 0 Å². The van der Waals surface area contributed by atoms with Gasteiger partial charge in [0.2, 0.25) is 0 Å². The predicted molar refractivity (Wildman–Crippen MR) is 93.9 cm³/mol. The molecular weight excluding hydrogens is 318 g/mol. The molecule has 2 aliphatic heterocycles. The van der Waals surface area contributed by atoms with Crippen molar-refractivity contribution in [2.45, 2.75) is 56.8 Å². The maximum absolute atomic E-state index is 6.20. The van der Waals surface area contributed by atoms with Gasteiger partial charge in [0.15, 0.2) is 0 Å². The van der Waals surface area contributed by atoms with Crippen molar-refractivity contribution in [2.75, 3.05) is 13.1 Å². The molecule has 2 aromatic heterocycles. The van der Waals surface area contributed by atoms with E-state index in [1.54, 1.807) is 11.3 Å². The summed E-state index contributed by atoms with van der Waals surface area (Å²) < 4.78 is 6.20. The van der Waals surface area contributed by atoms with Crippen LogP contribution in [-0.4, -0.2) is 28.0 Å². The molecule has 5 rings (SSSR count). The number of likely N-dealkylation sites (tertiary alicyclic amines) is 1. The van der Waals surface area contributed by atoms with E-state index in [1.807, 2.05) is 0 Å². The van der Waals surface area contributed by atoms with Crippen LogP contribution in [0.25, 0.3) is 0 Å². The smallest absolute Gasteiger partial charge is 0.131 e. The summed E-state index contributed by atoms with van der Waals surface area (Å²) in [4.78, 5) is 12.1. The number of aromatic nitrogens is 2. The molecule has 0 unspecified atom stereocenters. The maximum Gasteiger partial charge on any atom is 0.131 e. The van der Waals surface area contributed by atoms with Gasteiger partial charge in [-0.1, -0.05) is 19.3 Å². The number of hydrogen-bond acceptors (Lipinski definition) is 5. The highest BCUT2D eigenvalue weighted by atomic mass is 32.1. The molecule has 2 aromatic rings. The lowest BCUT2D eigenvalue weighted by atomic mass is 9.86. The Kier molecular flexibility index (Phi) is 3.69. The van der Waals surface area contributed by atoms with Crippen LogP contribution in [0.5, 0.6) is 0 Å². The Hall–Kier alpha value is -1.30. The Morgan fingerprint density at radius 2 is 2.12 bits per heavy atom. The first-order valence-electron chi connectivity index (χ1n) is 9.06. The van der Waals surface area contributed by atoms with E-state index < -0.39 is 0 Å². The van der Waals surface area contributed by atoms with Gasteiger partial charge in [-0.2, -0.15) is 11.3 Å². The van der Waals surface area contributed by atoms with Crippen molar-refractivity contribution < 1.29 is 4.74 Å². The summed E-state index contributed by atoms with van der Waals surface area (Å²) in [5.41, 5.74) is 3.64. The van der Waals surface area contributed by atoms with Gasteiger partial charge in [-0.05, 0) is 35.2 Å². The monoisotopic (exact) mass is 341 g/mol. The highest BCUT2D eigenvalue weighted by Crippen LogP contribution is 2.43. The molecule has 3 aliphatic rings. The standard InChI is InChI=1S/C19H23N3OS/c1-2-4-15(5-3-1)18-20-8-16-17(21-18)10-23-19(16)12-22(13-19)9-14-6-7-24-11-14/h6-8,11,15H,1-5,9-10,12-13H2. The number of ether oxygens (including phenoxy) is 1.